The molecule has 1 aromatic heterocycles. The van der Waals surface area contributed by atoms with Crippen LogP contribution in [0.1, 0.15) is 39.5 Å². The minimum atomic E-state index is -0.283. The maximum absolute atomic E-state index is 12.8. The summed E-state index contributed by atoms with van der Waals surface area (Å²) in [7, 11) is 0. The summed E-state index contributed by atoms with van der Waals surface area (Å²) < 4.78 is 3.89. The van der Waals surface area contributed by atoms with E-state index in [0.717, 1.165) is 29.2 Å². The van der Waals surface area contributed by atoms with Crippen LogP contribution in [0, 0.1) is 0 Å². The summed E-state index contributed by atoms with van der Waals surface area (Å²) in [6.07, 6.45) is 1.50. The van der Waals surface area contributed by atoms with Crippen LogP contribution in [-0.4, -0.2) is 38.7 Å². The Bertz CT molecular complexity index is 656. The largest absolute Gasteiger partial charge is 0.394 e. The van der Waals surface area contributed by atoms with E-state index in [1.165, 1.54) is 5.56 Å². The fourth-order valence-electron chi connectivity index (χ4n) is 2.82. The monoisotopic (exact) mass is 303 g/mol. The molecule has 0 unspecified atom stereocenters. The second kappa shape index (κ2) is 5.91. The number of aliphatic hydroxyl groups excluding tert-OH is 1. The van der Waals surface area contributed by atoms with E-state index in [9.17, 15) is 9.90 Å². The van der Waals surface area contributed by atoms with Crippen molar-refractivity contribution in [1.82, 2.24) is 14.5 Å². The number of aryl methyl sites for hydroxylation is 1. The van der Waals surface area contributed by atoms with E-state index in [1.807, 2.05) is 25.1 Å². The number of carbonyl (C=O) groups is 1. The van der Waals surface area contributed by atoms with E-state index in [4.69, 9.17) is 0 Å². The second-order valence-electron chi connectivity index (χ2n) is 5.05. The van der Waals surface area contributed by atoms with Crippen LogP contribution < -0.4 is 0 Å². The fourth-order valence-corrected chi connectivity index (χ4v) is 3.53. The Morgan fingerprint density at radius 1 is 1.48 bits per heavy atom. The average molecular weight is 303 g/mol. The molecule has 1 aliphatic heterocycles. The van der Waals surface area contributed by atoms with Crippen molar-refractivity contribution in [2.45, 2.75) is 25.8 Å². The lowest BCUT2D eigenvalue weighted by Gasteiger charge is -2.36. The molecule has 5 nitrogen and oxygen atoms in total. The quantitative estimate of drug-likeness (QED) is 0.939. The smallest absolute Gasteiger partial charge is 0.268 e. The highest BCUT2D eigenvalue weighted by atomic mass is 32.1. The van der Waals surface area contributed by atoms with Crippen LogP contribution in [0.4, 0.5) is 0 Å². The molecule has 1 aliphatic rings. The van der Waals surface area contributed by atoms with Crippen molar-refractivity contribution >= 4 is 17.4 Å². The molecule has 0 fully saturated rings. The van der Waals surface area contributed by atoms with Crippen molar-refractivity contribution in [3.8, 4) is 0 Å². The van der Waals surface area contributed by atoms with Crippen molar-refractivity contribution < 1.29 is 9.90 Å². The van der Waals surface area contributed by atoms with Gasteiger partial charge in [-0.3, -0.25) is 4.79 Å². The van der Waals surface area contributed by atoms with Gasteiger partial charge in [-0.25, -0.2) is 0 Å². The number of fused-ring (bicyclic) bond motifs is 1. The van der Waals surface area contributed by atoms with E-state index in [-0.39, 0.29) is 18.6 Å². The van der Waals surface area contributed by atoms with Gasteiger partial charge in [-0.1, -0.05) is 35.7 Å². The Balaban J connectivity index is 1.94. The molecule has 110 valence electrons. The highest BCUT2D eigenvalue weighted by Gasteiger charge is 2.32. The molecule has 1 aromatic carbocycles. The van der Waals surface area contributed by atoms with Gasteiger partial charge in [-0.05, 0) is 35.5 Å². The highest BCUT2D eigenvalue weighted by molar-refractivity contribution is 7.08. The van der Waals surface area contributed by atoms with Crippen LogP contribution in [0.15, 0.2) is 24.3 Å². The zero-order valence-corrected chi connectivity index (χ0v) is 12.6. The summed E-state index contributed by atoms with van der Waals surface area (Å²) >= 11 is 1.14. The van der Waals surface area contributed by atoms with Crippen molar-refractivity contribution in [1.29, 1.82) is 0 Å². The summed E-state index contributed by atoms with van der Waals surface area (Å²) in [5, 5.41) is 13.8. The van der Waals surface area contributed by atoms with Crippen molar-refractivity contribution in [3.63, 3.8) is 0 Å². The standard InChI is InChI=1S/C15H17N3O2S/c1-2-12-14(21-17-16-12)15(20)18-8-7-10-5-3-4-6-11(10)13(18)9-19/h3-6,13,19H,2,7-9H2,1H3/t13-/m0/s1. The summed E-state index contributed by atoms with van der Waals surface area (Å²) in [4.78, 5) is 15.1. The minimum absolute atomic E-state index is 0.0730. The number of hydrogen-bond donors (Lipinski definition) is 1. The van der Waals surface area contributed by atoms with Gasteiger partial charge in [0.1, 0.15) is 4.88 Å². The Hall–Kier alpha value is -1.79. The first-order chi connectivity index (χ1) is 10.3. The van der Waals surface area contributed by atoms with Gasteiger partial charge in [0.2, 0.25) is 0 Å². The Labute approximate surface area is 127 Å². The number of nitrogens with zero attached hydrogens (tertiary/aromatic N) is 3. The third-order valence-electron chi connectivity index (χ3n) is 3.93. The van der Waals surface area contributed by atoms with Gasteiger partial charge in [0.05, 0.1) is 18.3 Å². The number of aliphatic hydroxyl groups is 1. The topological polar surface area (TPSA) is 66.3 Å². The number of amides is 1. The van der Waals surface area contributed by atoms with Crippen LogP contribution in [0.25, 0.3) is 0 Å². The van der Waals surface area contributed by atoms with Gasteiger partial charge in [-0.2, -0.15) is 0 Å². The van der Waals surface area contributed by atoms with Crippen molar-refractivity contribution in [2.24, 2.45) is 0 Å². The fraction of sp³-hybridized carbons (Fsp3) is 0.400. The third kappa shape index (κ3) is 2.45. The number of rotatable bonds is 3. The van der Waals surface area contributed by atoms with Crippen molar-refractivity contribution in [3.05, 3.63) is 46.0 Å². The normalized spacial score (nSPS) is 17.6. The maximum atomic E-state index is 12.8. The number of hydrogen-bond acceptors (Lipinski definition) is 5. The maximum Gasteiger partial charge on any atom is 0.268 e. The molecular weight excluding hydrogens is 286 g/mol. The number of benzene rings is 1. The molecule has 1 atom stereocenters. The molecule has 0 bridgehead atoms. The lowest BCUT2D eigenvalue weighted by molar-refractivity contribution is 0.0572. The van der Waals surface area contributed by atoms with E-state index < -0.39 is 0 Å². The van der Waals surface area contributed by atoms with Crippen LogP contribution in [0.3, 0.4) is 0 Å². The lowest BCUT2D eigenvalue weighted by Crippen LogP contribution is -2.41. The van der Waals surface area contributed by atoms with Gasteiger partial charge in [0.25, 0.3) is 5.91 Å². The summed E-state index contributed by atoms with van der Waals surface area (Å²) in [6.45, 7) is 2.50. The van der Waals surface area contributed by atoms with Crippen LogP contribution in [0.5, 0.6) is 0 Å². The predicted molar refractivity (Wildman–Crippen MR) is 80.3 cm³/mol. The third-order valence-corrected chi connectivity index (χ3v) is 4.69. The Kier molecular flexibility index (Phi) is 3.98. The SMILES string of the molecule is CCc1nnsc1C(=O)N1CCc2ccccc2[C@@H]1CO. The van der Waals surface area contributed by atoms with Gasteiger partial charge in [-0.15, -0.1) is 5.10 Å². The van der Waals surface area contributed by atoms with Gasteiger partial charge in [0, 0.05) is 6.54 Å². The highest BCUT2D eigenvalue weighted by Crippen LogP contribution is 2.31. The molecule has 2 aromatic rings. The predicted octanol–water partition coefficient (Wildman–Crippen LogP) is 1.83. The average Bonchev–Trinajstić information content (AvgIpc) is 3.01. The van der Waals surface area contributed by atoms with Crippen LogP contribution >= 0.6 is 11.5 Å². The first-order valence-electron chi connectivity index (χ1n) is 7.07. The van der Waals surface area contributed by atoms with Crippen molar-refractivity contribution in [2.75, 3.05) is 13.2 Å². The summed E-state index contributed by atoms with van der Waals surface area (Å²) in [6, 6.07) is 7.70. The van der Waals surface area contributed by atoms with Gasteiger partial charge in [0.15, 0.2) is 0 Å². The summed E-state index contributed by atoms with van der Waals surface area (Å²) in [5.74, 6) is -0.0737. The number of aromatic nitrogens is 2. The molecule has 0 radical (unpaired) electrons. The van der Waals surface area contributed by atoms with E-state index in [0.29, 0.717) is 17.8 Å². The molecule has 6 heteroatoms. The molecular formula is C15H17N3O2S. The molecule has 2 heterocycles. The molecule has 0 spiro atoms. The number of carbonyl (C=O) groups excluding carboxylic acids is 1. The Morgan fingerprint density at radius 2 is 2.29 bits per heavy atom. The van der Waals surface area contributed by atoms with Gasteiger partial charge >= 0.3 is 0 Å². The zero-order valence-electron chi connectivity index (χ0n) is 11.8. The van der Waals surface area contributed by atoms with E-state index >= 15 is 0 Å². The lowest BCUT2D eigenvalue weighted by atomic mass is 9.93. The molecule has 1 amide bonds. The van der Waals surface area contributed by atoms with Crippen LogP contribution in [0.2, 0.25) is 0 Å². The molecule has 3 rings (SSSR count). The minimum Gasteiger partial charge on any atom is -0.394 e. The zero-order chi connectivity index (χ0) is 14.8. The summed E-state index contributed by atoms with van der Waals surface area (Å²) in [5.41, 5.74) is 2.98. The molecule has 21 heavy (non-hydrogen) atoms. The molecule has 0 aliphatic carbocycles. The van der Waals surface area contributed by atoms with Crippen LogP contribution in [-0.2, 0) is 12.8 Å². The van der Waals surface area contributed by atoms with E-state index in [1.54, 1.807) is 4.90 Å². The molecule has 1 N–H and O–H groups in total. The second-order valence-corrected chi connectivity index (χ2v) is 5.80. The van der Waals surface area contributed by atoms with Gasteiger partial charge < -0.3 is 10.0 Å². The first-order valence-corrected chi connectivity index (χ1v) is 7.84. The Morgan fingerprint density at radius 3 is 3.05 bits per heavy atom. The molecule has 0 saturated heterocycles. The molecule has 0 saturated carbocycles. The first kappa shape index (κ1) is 14.2. The van der Waals surface area contributed by atoms with E-state index in [2.05, 4.69) is 15.7 Å².